The number of nitrogens with one attached hydrogen (secondary N) is 1. The average Bonchev–Trinajstić information content (AvgIpc) is 2.68. The predicted molar refractivity (Wildman–Crippen MR) is 104 cm³/mol. The van der Waals surface area contributed by atoms with E-state index in [1.165, 1.54) is 12.1 Å². The van der Waals surface area contributed by atoms with Crippen LogP contribution in [0.2, 0.25) is 0 Å². The first-order valence-electron chi connectivity index (χ1n) is 9.40. The minimum absolute atomic E-state index is 0.0821. The number of rotatable bonds is 9. The first-order chi connectivity index (χ1) is 13.0. The van der Waals surface area contributed by atoms with Gasteiger partial charge in [0.15, 0.2) is 0 Å². The molecule has 1 atom stereocenters. The zero-order valence-electron chi connectivity index (χ0n) is 16.0. The van der Waals surface area contributed by atoms with E-state index in [-0.39, 0.29) is 24.2 Å². The standard InChI is InChI=1S/C22H27FN2O2/c1-3-20(22(27)24-4-2)25(16-18-10-13-19(23)14-11-18)21(26)15-12-17-8-6-5-7-9-17/h5-11,13-14,20H,3-4,12,15-16H2,1-2H3,(H,24,27)/t20-/m1/s1. The van der Waals surface area contributed by atoms with Gasteiger partial charge in [-0.2, -0.15) is 0 Å². The number of benzene rings is 2. The Bertz CT molecular complexity index is 732. The largest absolute Gasteiger partial charge is 0.355 e. The molecule has 0 spiro atoms. The van der Waals surface area contributed by atoms with E-state index in [1.54, 1.807) is 17.0 Å². The van der Waals surface area contributed by atoms with Gasteiger partial charge in [-0.25, -0.2) is 4.39 Å². The summed E-state index contributed by atoms with van der Waals surface area (Å²) in [5.74, 6) is -0.562. The molecule has 0 aromatic heterocycles. The van der Waals surface area contributed by atoms with E-state index in [2.05, 4.69) is 5.32 Å². The van der Waals surface area contributed by atoms with Crippen molar-refractivity contribution >= 4 is 11.8 Å². The van der Waals surface area contributed by atoms with Gasteiger partial charge in [-0.05, 0) is 43.0 Å². The van der Waals surface area contributed by atoms with Crippen molar-refractivity contribution in [2.45, 2.75) is 45.7 Å². The molecule has 27 heavy (non-hydrogen) atoms. The Morgan fingerprint density at radius 2 is 1.67 bits per heavy atom. The van der Waals surface area contributed by atoms with E-state index in [9.17, 15) is 14.0 Å². The van der Waals surface area contributed by atoms with E-state index >= 15 is 0 Å². The Morgan fingerprint density at radius 3 is 2.26 bits per heavy atom. The summed E-state index contributed by atoms with van der Waals surface area (Å²) in [7, 11) is 0. The Balaban J connectivity index is 2.17. The van der Waals surface area contributed by atoms with Crippen molar-refractivity contribution in [3.8, 4) is 0 Å². The molecule has 2 aromatic carbocycles. The fourth-order valence-corrected chi connectivity index (χ4v) is 3.04. The van der Waals surface area contributed by atoms with E-state index in [0.29, 0.717) is 25.8 Å². The quantitative estimate of drug-likeness (QED) is 0.732. The highest BCUT2D eigenvalue weighted by Crippen LogP contribution is 2.15. The lowest BCUT2D eigenvalue weighted by molar-refractivity contribution is -0.141. The lowest BCUT2D eigenvalue weighted by atomic mass is 10.1. The number of nitrogens with zero attached hydrogens (tertiary/aromatic N) is 1. The van der Waals surface area contributed by atoms with Crippen LogP contribution in [0.4, 0.5) is 4.39 Å². The number of hydrogen-bond acceptors (Lipinski definition) is 2. The molecule has 0 fully saturated rings. The van der Waals surface area contributed by atoms with E-state index in [1.807, 2.05) is 44.2 Å². The van der Waals surface area contributed by atoms with Crippen LogP contribution in [0.1, 0.15) is 37.8 Å². The monoisotopic (exact) mass is 370 g/mol. The SMILES string of the molecule is CCNC(=O)[C@@H](CC)N(Cc1ccc(F)cc1)C(=O)CCc1ccccc1. The second-order valence-electron chi connectivity index (χ2n) is 6.45. The zero-order valence-corrected chi connectivity index (χ0v) is 16.0. The number of halogens is 1. The van der Waals surface area contributed by atoms with Crippen LogP contribution in [0.15, 0.2) is 54.6 Å². The molecule has 5 heteroatoms. The molecule has 0 saturated heterocycles. The van der Waals surface area contributed by atoms with E-state index in [4.69, 9.17) is 0 Å². The third kappa shape index (κ3) is 6.20. The molecular weight excluding hydrogens is 343 g/mol. The Labute approximate surface area is 160 Å². The highest BCUT2D eigenvalue weighted by atomic mass is 19.1. The lowest BCUT2D eigenvalue weighted by Gasteiger charge is -2.30. The first kappa shape index (κ1) is 20.6. The maximum absolute atomic E-state index is 13.2. The molecule has 0 aliphatic carbocycles. The fraction of sp³-hybridized carbons (Fsp3) is 0.364. The molecule has 0 aliphatic rings. The smallest absolute Gasteiger partial charge is 0.242 e. The summed E-state index contributed by atoms with van der Waals surface area (Å²) in [6.45, 7) is 4.54. The van der Waals surface area contributed by atoms with Crippen molar-refractivity contribution < 1.29 is 14.0 Å². The third-order valence-corrected chi connectivity index (χ3v) is 4.47. The highest BCUT2D eigenvalue weighted by Gasteiger charge is 2.28. The van der Waals surface area contributed by atoms with Crippen molar-refractivity contribution in [1.29, 1.82) is 0 Å². The molecule has 2 amide bonds. The molecule has 2 aromatic rings. The number of carbonyl (C=O) groups is 2. The summed E-state index contributed by atoms with van der Waals surface area (Å²) in [5, 5.41) is 2.81. The normalized spacial score (nSPS) is 11.7. The van der Waals surface area contributed by atoms with Crippen LogP contribution in [-0.4, -0.2) is 29.3 Å². The number of carbonyl (C=O) groups excluding carboxylic acids is 2. The number of aryl methyl sites for hydroxylation is 1. The molecule has 4 nitrogen and oxygen atoms in total. The Hall–Kier alpha value is -2.69. The van der Waals surface area contributed by atoms with Gasteiger partial charge in [0.2, 0.25) is 11.8 Å². The minimum Gasteiger partial charge on any atom is -0.355 e. The molecular formula is C22H27FN2O2. The van der Waals surface area contributed by atoms with Gasteiger partial charge in [0.25, 0.3) is 0 Å². The molecule has 0 aliphatic heterocycles. The third-order valence-electron chi connectivity index (χ3n) is 4.47. The maximum Gasteiger partial charge on any atom is 0.242 e. The van der Waals surface area contributed by atoms with Crippen LogP contribution in [0.5, 0.6) is 0 Å². The van der Waals surface area contributed by atoms with E-state index < -0.39 is 6.04 Å². The van der Waals surface area contributed by atoms with Crippen LogP contribution in [0.25, 0.3) is 0 Å². The van der Waals surface area contributed by atoms with Gasteiger partial charge in [0.1, 0.15) is 11.9 Å². The van der Waals surface area contributed by atoms with Crippen LogP contribution >= 0.6 is 0 Å². The van der Waals surface area contributed by atoms with Crippen molar-refractivity contribution in [3.63, 3.8) is 0 Å². The summed E-state index contributed by atoms with van der Waals surface area (Å²) in [5.41, 5.74) is 1.88. The second kappa shape index (κ2) is 10.5. The van der Waals surface area contributed by atoms with Crippen LogP contribution in [0, 0.1) is 5.82 Å². The molecule has 0 radical (unpaired) electrons. The first-order valence-corrected chi connectivity index (χ1v) is 9.40. The van der Waals surface area contributed by atoms with Crippen molar-refractivity contribution in [1.82, 2.24) is 10.2 Å². The summed E-state index contributed by atoms with van der Waals surface area (Å²) in [4.78, 5) is 27.1. The van der Waals surface area contributed by atoms with Gasteiger partial charge in [-0.15, -0.1) is 0 Å². The average molecular weight is 370 g/mol. The van der Waals surface area contributed by atoms with Gasteiger partial charge in [0.05, 0.1) is 0 Å². The van der Waals surface area contributed by atoms with Gasteiger partial charge in [-0.3, -0.25) is 9.59 Å². The Kier molecular flexibility index (Phi) is 7.99. The zero-order chi connectivity index (χ0) is 19.6. The molecule has 0 saturated carbocycles. The topological polar surface area (TPSA) is 49.4 Å². The molecule has 144 valence electrons. The maximum atomic E-state index is 13.2. The molecule has 1 N–H and O–H groups in total. The molecule has 0 heterocycles. The Morgan fingerprint density at radius 1 is 1.00 bits per heavy atom. The lowest BCUT2D eigenvalue weighted by Crippen LogP contribution is -2.49. The number of amides is 2. The van der Waals surface area contributed by atoms with Crippen molar-refractivity contribution in [2.24, 2.45) is 0 Å². The molecule has 2 rings (SSSR count). The second-order valence-corrected chi connectivity index (χ2v) is 6.45. The molecule has 0 unspecified atom stereocenters. The van der Waals surface area contributed by atoms with Gasteiger partial charge < -0.3 is 10.2 Å². The van der Waals surface area contributed by atoms with Crippen LogP contribution in [0.3, 0.4) is 0 Å². The summed E-state index contributed by atoms with van der Waals surface area (Å²) < 4.78 is 13.2. The van der Waals surface area contributed by atoms with Crippen LogP contribution in [-0.2, 0) is 22.6 Å². The molecule has 0 bridgehead atoms. The van der Waals surface area contributed by atoms with Crippen molar-refractivity contribution in [2.75, 3.05) is 6.54 Å². The predicted octanol–water partition coefficient (Wildman–Crippen LogP) is 3.70. The number of hydrogen-bond donors (Lipinski definition) is 1. The summed E-state index contributed by atoms with van der Waals surface area (Å²) >= 11 is 0. The fourth-order valence-electron chi connectivity index (χ4n) is 3.04. The summed E-state index contributed by atoms with van der Waals surface area (Å²) in [6.07, 6.45) is 1.46. The minimum atomic E-state index is -0.543. The van der Waals surface area contributed by atoms with Gasteiger partial charge >= 0.3 is 0 Å². The van der Waals surface area contributed by atoms with Gasteiger partial charge in [-0.1, -0.05) is 49.4 Å². The van der Waals surface area contributed by atoms with E-state index in [0.717, 1.165) is 11.1 Å². The van der Waals surface area contributed by atoms with Crippen molar-refractivity contribution in [3.05, 3.63) is 71.5 Å². The summed E-state index contributed by atoms with van der Waals surface area (Å²) in [6, 6.07) is 15.3. The van der Waals surface area contributed by atoms with Crippen LogP contribution < -0.4 is 5.32 Å². The highest BCUT2D eigenvalue weighted by molar-refractivity contribution is 5.87. The number of likely N-dealkylation sites (N-methyl/N-ethyl adjacent to an activating group) is 1. The van der Waals surface area contributed by atoms with Gasteiger partial charge in [0, 0.05) is 19.5 Å².